The molecule has 0 aromatic carbocycles. The summed E-state index contributed by atoms with van der Waals surface area (Å²) < 4.78 is 2.08. The number of nitrogens with zero attached hydrogens (tertiary/aromatic N) is 5. The van der Waals surface area contributed by atoms with Crippen LogP contribution in [0.25, 0.3) is 0 Å². The summed E-state index contributed by atoms with van der Waals surface area (Å²) in [6.45, 7) is 4.93. The van der Waals surface area contributed by atoms with Crippen LogP contribution in [0.5, 0.6) is 0 Å². The van der Waals surface area contributed by atoms with Gasteiger partial charge < -0.3 is 4.57 Å². The fourth-order valence-electron chi connectivity index (χ4n) is 2.45. The van der Waals surface area contributed by atoms with Gasteiger partial charge in [0.15, 0.2) is 0 Å². The summed E-state index contributed by atoms with van der Waals surface area (Å²) in [5.41, 5.74) is 2.49. The van der Waals surface area contributed by atoms with E-state index in [0.717, 1.165) is 44.1 Å². The molecule has 0 amide bonds. The van der Waals surface area contributed by atoms with E-state index < -0.39 is 0 Å². The minimum atomic E-state index is 0.883. The Balaban J connectivity index is 1.76. The molecule has 1 aliphatic heterocycles. The van der Waals surface area contributed by atoms with Gasteiger partial charge in [-0.1, -0.05) is 6.92 Å². The molecule has 0 saturated heterocycles. The van der Waals surface area contributed by atoms with E-state index in [1.54, 1.807) is 0 Å². The van der Waals surface area contributed by atoms with Crippen molar-refractivity contribution in [3.05, 3.63) is 41.5 Å². The molecule has 0 aliphatic carbocycles. The molecule has 0 fully saturated rings. The maximum Gasteiger partial charge on any atom is 0.128 e. The van der Waals surface area contributed by atoms with Gasteiger partial charge >= 0.3 is 0 Å². The standard InChI is InChI=1S/C14H19N5/c1-3-13-16-8-11-4-6-19(9-12(11)17-13)10-14-15-5-7-18(14)2/h5,7-8H,3-4,6,9-10H2,1-2H3. The van der Waals surface area contributed by atoms with Crippen LogP contribution in [-0.4, -0.2) is 31.0 Å². The lowest BCUT2D eigenvalue weighted by atomic mass is 10.1. The number of fused-ring (bicyclic) bond motifs is 1. The van der Waals surface area contributed by atoms with Crippen molar-refractivity contribution in [3.8, 4) is 0 Å². The zero-order valence-corrected chi connectivity index (χ0v) is 11.5. The van der Waals surface area contributed by atoms with Crippen LogP contribution in [0.4, 0.5) is 0 Å². The molecule has 0 bridgehead atoms. The molecule has 5 nitrogen and oxygen atoms in total. The van der Waals surface area contributed by atoms with E-state index in [0.29, 0.717) is 0 Å². The Morgan fingerprint density at radius 3 is 2.95 bits per heavy atom. The van der Waals surface area contributed by atoms with Gasteiger partial charge in [0.05, 0.1) is 12.2 Å². The molecule has 0 unspecified atom stereocenters. The Labute approximate surface area is 113 Å². The number of rotatable bonds is 3. The van der Waals surface area contributed by atoms with Crippen molar-refractivity contribution in [3.63, 3.8) is 0 Å². The Morgan fingerprint density at radius 2 is 2.21 bits per heavy atom. The smallest absolute Gasteiger partial charge is 0.128 e. The van der Waals surface area contributed by atoms with E-state index in [9.17, 15) is 0 Å². The van der Waals surface area contributed by atoms with E-state index >= 15 is 0 Å². The molecule has 19 heavy (non-hydrogen) atoms. The predicted octanol–water partition coefficient (Wildman–Crippen LogP) is 1.33. The molecule has 0 spiro atoms. The Hall–Kier alpha value is -1.75. The zero-order valence-electron chi connectivity index (χ0n) is 11.5. The van der Waals surface area contributed by atoms with Crippen molar-refractivity contribution in [1.82, 2.24) is 24.4 Å². The first kappa shape index (κ1) is 12.3. The first-order valence-electron chi connectivity index (χ1n) is 6.78. The van der Waals surface area contributed by atoms with Gasteiger partial charge in [0.25, 0.3) is 0 Å². The molecular formula is C14H19N5. The molecule has 1 aliphatic rings. The third-order valence-corrected chi connectivity index (χ3v) is 3.68. The first-order chi connectivity index (χ1) is 9.26. The lowest BCUT2D eigenvalue weighted by Crippen LogP contribution is -2.32. The Kier molecular flexibility index (Phi) is 3.29. The highest BCUT2D eigenvalue weighted by Crippen LogP contribution is 2.18. The summed E-state index contributed by atoms with van der Waals surface area (Å²) in [7, 11) is 2.04. The van der Waals surface area contributed by atoms with E-state index in [4.69, 9.17) is 0 Å². The molecule has 0 saturated carbocycles. The van der Waals surface area contributed by atoms with Crippen LogP contribution < -0.4 is 0 Å². The van der Waals surface area contributed by atoms with E-state index in [2.05, 4.69) is 31.3 Å². The van der Waals surface area contributed by atoms with E-state index in [-0.39, 0.29) is 0 Å². The topological polar surface area (TPSA) is 46.8 Å². The molecule has 3 rings (SSSR count). The van der Waals surface area contributed by atoms with Crippen molar-refractivity contribution >= 4 is 0 Å². The fourth-order valence-corrected chi connectivity index (χ4v) is 2.45. The number of aryl methyl sites for hydroxylation is 2. The summed E-state index contributed by atoms with van der Waals surface area (Å²) >= 11 is 0. The lowest BCUT2D eigenvalue weighted by molar-refractivity contribution is 0.232. The second kappa shape index (κ2) is 5.09. The Morgan fingerprint density at radius 1 is 1.32 bits per heavy atom. The predicted molar refractivity (Wildman–Crippen MR) is 72.4 cm³/mol. The summed E-state index contributed by atoms with van der Waals surface area (Å²) in [5.74, 6) is 2.05. The van der Waals surface area contributed by atoms with Gasteiger partial charge in [-0.15, -0.1) is 0 Å². The third kappa shape index (κ3) is 2.51. The minimum absolute atomic E-state index is 0.883. The SMILES string of the molecule is CCc1ncc2c(n1)CN(Cc1nccn1C)CC2. The van der Waals surface area contributed by atoms with E-state index in [1.807, 2.05) is 25.6 Å². The third-order valence-electron chi connectivity index (χ3n) is 3.68. The van der Waals surface area contributed by atoms with Crippen LogP contribution >= 0.6 is 0 Å². The van der Waals surface area contributed by atoms with Crippen molar-refractivity contribution < 1.29 is 0 Å². The normalized spacial score (nSPS) is 15.5. The fraction of sp³-hybridized carbons (Fsp3) is 0.500. The average Bonchev–Trinajstić information content (AvgIpc) is 2.83. The molecule has 100 valence electrons. The highest BCUT2D eigenvalue weighted by molar-refractivity contribution is 5.20. The van der Waals surface area contributed by atoms with Gasteiger partial charge in [-0.05, 0) is 12.0 Å². The van der Waals surface area contributed by atoms with Crippen LogP contribution in [-0.2, 0) is 33.0 Å². The largest absolute Gasteiger partial charge is 0.337 e. The number of imidazole rings is 1. The summed E-state index contributed by atoms with van der Waals surface area (Å²) in [5, 5.41) is 0. The van der Waals surface area contributed by atoms with Crippen LogP contribution in [0.1, 0.15) is 29.8 Å². The van der Waals surface area contributed by atoms with Gasteiger partial charge in [0.2, 0.25) is 0 Å². The van der Waals surface area contributed by atoms with Crippen LogP contribution in [0, 0.1) is 0 Å². The van der Waals surface area contributed by atoms with Crippen molar-refractivity contribution in [2.24, 2.45) is 7.05 Å². The van der Waals surface area contributed by atoms with Crippen LogP contribution in [0.15, 0.2) is 18.6 Å². The summed E-state index contributed by atoms with van der Waals surface area (Å²) in [6.07, 6.45) is 7.77. The van der Waals surface area contributed by atoms with Gasteiger partial charge in [0.1, 0.15) is 11.6 Å². The highest BCUT2D eigenvalue weighted by atomic mass is 15.2. The Bertz CT molecular complexity index is 575. The monoisotopic (exact) mass is 257 g/mol. The first-order valence-corrected chi connectivity index (χ1v) is 6.78. The van der Waals surface area contributed by atoms with Gasteiger partial charge in [-0.25, -0.2) is 15.0 Å². The highest BCUT2D eigenvalue weighted by Gasteiger charge is 2.19. The summed E-state index contributed by atoms with van der Waals surface area (Å²) in [6, 6.07) is 0. The number of hydrogen-bond donors (Lipinski definition) is 0. The number of hydrogen-bond acceptors (Lipinski definition) is 4. The van der Waals surface area contributed by atoms with Crippen LogP contribution in [0.3, 0.4) is 0 Å². The molecule has 0 N–H and O–H groups in total. The zero-order chi connectivity index (χ0) is 13.2. The maximum absolute atomic E-state index is 4.65. The molecular weight excluding hydrogens is 238 g/mol. The number of aromatic nitrogens is 4. The second-order valence-corrected chi connectivity index (χ2v) is 5.03. The van der Waals surface area contributed by atoms with Crippen LogP contribution in [0.2, 0.25) is 0 Å². The maximum atomic E-state index is 4.65. The minimum Gasteiger partial charge on any atom is -0.337 e. The molecule has 2 aromatic heterocycles. The summed E-state index contributed by atoms with van der Waals surface area (Å²) in [4.78, 5) is 15.8. The molecule has 3 heterocycles. The van der Waals surface area contributed by atoms with Crippen molar-refractivity contribution in [2.45, 2.75) is 32.9 Å². The van der Waals surface area contributed by atoms with Gasteiger partial charge in [-0.3, -0.25) is 4.90 Å². The van der Waals surface area contributed by atoms with Gasteiger partial charge in [-0.2, -0.15) is 0 Å². The lowest BCUT2D eigenvalue weighted by Gasteiger charge is -2.27. The van der Waals surface area contributed by atoms with E-state index in [1.165, 1.54) is 11.3 Å². The van der Waals surface area contributed by atoms with Gasteiger partial charge in [0, 0.05) is 45.1 Å². The molecule has 0 atom stereocenters. The van der Waals surface area contributed by atoms with Crippen molar-refractivity contribution in [1.29, 1.82) is 0 Å². The molecule has 2 aromatic rings. The second-order valence-electron chi connectivity index (χ2n) is 5.03. The quantitative estimate of drug-likeness (QED) is 0.832. The molecule has 0 radical (unpaired) electrons. The molecule has 5 heteroatoms. The average molecular weight is 257 g/mol. The van der Waals surface area contributed by atoms with Crippen molar-refractivity contribution in [2.75, 3.05) is 6.54 Å².